The Morgan fingerprint density at radius 3 is 2.65 bits per heavy atom. The normalized spacial score (nSPS) is 24.7. The van der Waals surface area contributed by atoms with Gasteiger partial charge in [-0.2, -0.15) is 5.26 Å². The van der Waals surface area contributed by atoms with Crippen LogP contribution in [0.25, 0.3) is 0 Å². The summed E-state index contributed by atoms with van der Waals surface area (Å²) >= 11 is 1.69. The van der Waals surface area contributed by atoms with E-state index in [0.717, 1.165) is 38.3 Å². The zero-order valence-electron chi connectivity index (χ0n) is 12.5. The first-order valence-electron chi connectivity index (χ1n) is 7.08. The number of nitrogens with zero attached hydrogens (tertiary/aromatic N) is 3. The topological polar surface area (TPSA) is 39.5 Å². The van der Waals surface area contributed by atoms with E-state index < -0.39 is 0 Å². The third kappa shape index (κ3) is 3.80. The molecule has 4 nitrogen and oxygen atoms in total. The highest BCUT2D eigenvalue weighted by Crippen LogP contribution is 2.21. The van der Waals surface area contributed by atoms with Crippen molar-refractivity contribution in [1.29, 1.82) is 5.26 Å². The molecule has 0 bridgehead atoms. The Kier molecular flexibility index (Phi) is 5.55. The van der Waals surface area contributed by atoms with Crippen molar-refractivity contribution in [3.63, 3.8) is 0 Å². The lowest BCUT2D eigenvalue weighted by Gasteiger charge is -2.44. The minimum Gasteiger partial charge on any atom is -0.383 e. The summed E-state index contributed by atoms with van der Waals surface area (Å²) in [6.07, 6.45) is 0. The van der Waals surface area contributed by atoms with Crippen molar-refractivity contribution in [3.05, 3.63) is 21.9 Å². The predicted octanol–water partition coefficient (Wildman–Crippen LogP) is 2.16. The van der Waals surface area contributed by atoms with Gasteiger partial charge in [-0.3, -0.25) is 9.80 Å². The molecule has 1 aliphatic heterocycles. The molecule has 1 aromatic rings. The second kappa shape index (κ2) is 7.19. The summed E-state index contributed by atoms with van der Waals surface area (Å²) in [4.78, 5) is 6.30. The lowest BCUT2D eigenvalue weighted by Crippen LogP contribution is -2.56. The van der Waals surface area contributed by atoms with Crippen molar-refractivity contribution in [2.75, 3.05) is 33.4 Å². The van der Waals surface area contributed by atoms with Crippen molar-refractivity contribution < 1.29 is 4.74 Å². The molecule has 0 aliphatic carbocycles. The van der Waals surface area contributed by atoms with Crippen molar-refractivity contribution in [2.45, 2.75) is 32.5 Å². The minimum atomic E-state index is 0.546. The highest BCUT2D eigenvalue weighted by molar-refractivity contribution is 7.10. The van der Waals surface area contributed by atoms with Gasteiger partial charge in [-0.15, -0.1) is 11.3 Å². The molecule has 1 saturated heterocycles. The maximum atomic E-state index is 8.88. The highest BCUT2D eigenvalue weighted by Gasteiger charge is 2.29. The molecule has 0 N–H and O–H groups in total. The van der Waals surface area contributed by atoms with E-state index in [9.17, 15) is 0 Å². The minimum absolute atomic E-state index is 0.546. The van der Waals surface area contributed by atoms with Gasteiger partial charge in [0.05, 0.1) is 12.2 Å². The van der Waals surface area contributed by atoms with Gasteiger partial charge < -0.3 is 4.74 Å². The first kappa shape index (κ1) is 15.5. The molecule has 0 amide bonds. The van der Waals surface area contributed by atoms with Crippen molar-refractivity contribution in [3.8, 4) is 6.07 Å². The first-order valence-corrected chi connectivity index (χ1v) is 7.96. The van der Waals surface area contributed by atoms with Gasteiger partial charge in [0.15, 0.2) is 0 Å². The van der Waals surface area contributed by atoms with Crippen LogP contribution in [0.15, 0.2) is 11.4 Å². The second-order valence-corrected chi connectivity index (χ2v) is 6.53. The van der Waals surface area contributed by atoms with Crippen LogP contribution >= 0.6 is 11.3 Å². The zero-order chi connectivity index (χ0) is 14.5. The van der Waals surface area contributed by atoms with Gasteiger partial charge in [0.1, 0.15) is 6.07 Å². The van der Waals surface area contributed by atoms with Crippen LogP contribution < -0.4 is 0 Å². The van der Waals surface area contributed by atoms with E-state index in [1.165, 1.54) is 4.88 Å². The Morgan fingerprint density at radius 2 is 2.10 bits per heavy atom. The fourth-order valence-corrected chi connectivity index (χ4v) is 3.83. The fourth-order valence-electron chi connectivity index (χ4n) is 2.98. The van der Waals surface area contributed by atoms with Gasteiger partial charge in [0, 0.05) is 55.6 Å². The molecule has 2 unspecified atom stereocenters. The summed E-state index contributed by atoms with van der Waals surface area (Å²) in [6, 6.07) is 5.30. The molecule has 2 atom stereocenters. The Hall–Kier alpha value is -0.930. The maximum Gasteiger partial charge on any atom is 0.100 e. The number of methoxy groups -OCH3 is 1. The predicted molar refractivity (Wildman–Crippen MR) is 81.8 cm³/mol. The molecule has 2 rings (SSSR count). The van der Waals surface area contributed by atoms with Crippen LogP contribution in [0.2, 0.25) is 0 Å². The van der Waals surface area contributed by atoms with Gasteiger partial charge in [-0.1, -0.05) is 0 Å². The number of nitriles is 1. The standard InChI is InChI=1S/C15H23N3OS/c1-12-8-17(9-13(2)18(12)4-5-19-3)10-15-6-14(7-16)11-20-15/h6,11-13H,4-5,8-10H2,1-3H3. The van der Waals surface area contributed by atoms with Crippen LogP contribution in [-0.2, 0) is 11.3 Å². The Morgan fingerprint density at radius 1 is 1.40 bits per heavy atom. The van der Waals surface area contributed by atoms with Crippen molar-refractivity contribution in [2.24, 2.45) is 0 Å². The smallest absolute Gasteiger partial charge is 0.100 e. The fraction of sp³-hybridized carbons (Fsp3) is 0.667. The van der Waals surface area contributed by atoms with E-state index in [4.69, 9.17) is 10.00 Å². The maximum absolute atomic E-state index is 8.88. The van der Waals surface area contributed by atoms with Crippen LogP contribution in [-0.4, -0.2) is 55.2 Å². The Balaban J connectivity index is 1.91. The van der Waals surface area contributed by atoms with Gasteiger partial charge in [0.25, 0.3) is 0 Å². The van der Waals surface area contributed by atoms with E-state index in [-0.39, 0.29) is 0 Å². The molecule has 110 valence electrons. The van der Waals surface area contributed by atoms with E-state index >= 15 is 0 Å². The average Bonchev–Trinajstić information content (AvgIpc) is 2.85. The van der Waals surface area contributed by atoms with Gasteiger partial charge in [-0.25, -0.2) is 0 Å². The summed E-state index contributed by atoms with van der Waals surface area (Å²) in [5, 5.41) is 10.8. The molecule has 0 spiro atoms. The lowest BCUT2D eigenvalue weighted by atomic mass is 10.1. The van der Waals surface area contributed by atoms with Crippen LogP contribution in [0.4, 0.5) is 0 Å². The largest absolute Gasteiger partial charge is 0.383 e. The van der Waals surface area contributed by atoms with Gasteiger partial charge in [-0.05, 0) is 19.9 Å². The second-order valence-electron chi connectivity index (χ2n) is 5.54. The molecule has 0 saturated carbocycles. The van der Waals surface area contributed by atoms with Crippen LogP contribution in [0.1, 0.15) is 24.3 Å². The van der Waals surface area contributed by atoms with E-state index in [1.807, 2.05) is 11.4 Å². The van der Waals surface area contributed by atoms with Crippen LogP contribution in [0, 0.1) is 11.3 Å². The molecule has 1 aliphatic rings. The number of hydrogen-bond donors (Lipinski definition) is 0. The summed E-state index contributed by atoms with van der Waals surface area (Å²) in [6.45, 7) is 9.48. The van der Waals surface area contributed by atoms with Gasteiger partial charge in [0.2, 0.25) is 0 Å². The summed E-state index contributed by atoms with van der Waals surface area (Å²) in [5.74, 6) is 0. The third-order valence-electron chi connectivity index (χ3n) is 3.89. The molecule has 2 heterocycles. The summed E-state index contributed by atoms with van der Waals surface area (Å²) in [5.41, 5.74) is 0.782. The molecule has 0 radical (unpaired) electrons. The quantitative estimate of drug-likeness (QED) is 0.834. The number of rotatable bonds is 5. The molecule has 1 fully saturated rings. The molecule has 20 heavy (non-hydrogen) atoms. The molecular weight excluding hydrogens is 270 g/mol. The number of thiophene rings is 1. The highest BCUT2D eigenvalue weighted by atomic mass is 32.1. The summed E-state index contributed by atoms with van der Waals surface area (Å²) < 4.78 is 5.19. The molecule has 5 heteroatoms. The number of ether oxygens (including phenoxy) is 1. The first-order chi connectivity index (χ1) is 9.63. The SMILES string of the molecule is COCCN1C(C)CN(Cc2cc(C#N)cs2)CC1C. The molecule has 0 aromatic carbocycles. The Labute approximate surface area is 125 Å². The van der Waals surface area contributed by atoms with E-state index in [1.54, 1.807) is 18.4 Å². The number of piperazine rings is 1. The average molecular weight is 293 g/mol. The lowest BCUT2D eigenvalue weighted by molar-refractivity contribution is 0.0182. The van der Waals surface area contributed by atoms with Gasteiger partial charge >= 0.3 is 0 Å². The van der Waals surface area contributed by atoms with Crippen molar-refractivity contribution >= 4 is 11.3 Å². The van der Waals surface area contributed by atoms with E-state index in [2.05, 4.69) is 29.7 Å². The zero-order valence-corrected chi connectivity index (χ0v) is 13.3. The molecular formula is C15H23N3OS. The van der Waals surface area contributed by atoms with Crippen LogP contribution in [0.3, 0.4) is 0 Å². The number of hydrogen-bond acceptors (Lipinski definition) is 5. The van der Waals surface area contributed by atoms with Crippen molar-refractivity contribution in [1.82, 2.24) is 9.80 Å². The monoisotopic (exact) mass is 293 g/mol. The summed E-state index contributed by atoms with van der Waals surface area (Å²) in [7, 11) is 1.76. The van der Waals surface area contributed by atoms with Crippen LogP contribution in [0.5, 0.6) is 0 Å². The molecule has 1 aromatic heterocycles. The third-order valence-corrected chi connectivity index (χ3v) is 4.81. The van der Waals surface area contributed by atoms with E-state index in [0.29, 0.717) is 12.1 Å². The Bertz CT molecular complexity index is 456.